The number of rotatable bonds is 8. The molecule has 1 heterocycles. The van der Waals surface area contributed by atoms with Crippen molar-refractivity contribution in [3.8, 4) is 5.75 Å². The standard InChI is InChI=1S/C29H40N2O2/c1-21(2)31(22(3)4)28(32)24-12-14-25(15-13-24)29(26-8-6-9-27(18-26)33-5)16-7-17-30(20-29)19-23-10-11-23/h6,8-9,12-15,18,21-23H,7,10-11,16-17,19-20H2,1-5H3. The summed E-state index contributed by atoms with van der Waals surface area (Å²) in [5, 5.41) is 0. The van der Waals surface area contributed by atoms with Gasteiger partial charge in [0.05, 0.1) is 7.11 Å². The molecule has 1 amide bonds. The van der Waals surface area contributed by atoms with E-state index in [-0.39, 0.29) is 23.4 Å². The van der Waals surface area contributed by atoms with E-state index in [0.717, 1.165) is 30.2 Å². The minimum absolute atomic E-state index is 0.0843. The van der Waals surface area contributed by atoms with Crippen LogP contribution in [0.5, 0.6) is 5.75 Å². The van der Waals surface area contributed by atoms with E-state index in [0.29, 0.717) is 0 Å². The second-order valence-corrected chi connectivity index (χ2v) is 10.6. The average molecular weight is 449 g/mol. The van der Waals surface area contributed by atoms with Gasteiger partial charge in [-0.25, -0.2) is 0 Å². The summed E-state index contributed by atoms with van der Waals surface area (Å²) < 4.78 is 5.59. The van der Waals surface area contributed by atoms with Gasteiger partial charge >= 0.3 is 0 Å². The van der Waals surface area contributed by atoms with E-state index in [4.69, 9.17) is 4.74 Å². The summed E-state index contributed by atoms with van der Waals surface area (Å²) in [7, 11) is 1.74. The normalized spacial score (nSPS) is 21.4. The third-order valence-electron chi connectivity index (χ3n) is 7.44. The molecule has 1 saturated carbocycles. The van der Waals surface area contributed by atoms with Crippen molar-refractivity contribution in [2.24, 2.45) is 5.92 Å². The fourth-order valence-electron chi connectivity index (χ4n) is 5.67. The maximum Gasteiger partial charge on any atom is 0.254 e. The summed E-state index contributed by atoms with van der Waals surface area (Å²) in [4.78, 5) is 17.9. The summed E-state index contributed by atoms with van der Waals surface area (Å²) in [5.74, 6) is 1.90. The molecule has 2 aromatic carbocycles. The van der Waals surface area contributed by atoms with Crippen LogP contribution in [0.4, 0.5) is 0 Å². The van der Waals surface area contributed by atoms with Gasteiger partial charge in [-0.3, -0.25) is 4.79 Å². The number of piperidine rings is 1. The lowest BCUT2D eigenvalue weighted by Gasteiger charge is -2.44. The van der Waals surface area contributed by atoms with E-state index in [1.165, 1.54) is 43.5 Å². The van der Waals surface area contributed by atoms with Gasteiger partial charge in [0, 0.05) is 36.2 Å². The first-order chi connectivity index (χ1) is 15.8. The molecule has 0 N–H and O–H groups in total. The molecule has 1 unspecified atom stereocenters. The van der Waals surface area contributed by atoms with Crippen LogP contribution >= 0.6 is 0 Å². The number of hydrogen-bond acceptors (Lipinski definition) is 3. The van der Waals surface area contributed by atoms with Gasteiger partial charge in [0.15, 0.2) is 0 Å². The molecule has 4 nitrogen and oxygen atoms in total. The Labute approximate surface area is 199 Å². The molecular formula is C29H40N2O2. The minimum Gasteiger partial charge on any atom is -0.497 e. The Morgan fingerprint density at radius 3 is 2.36 bits per heavy atom. The second-order valence-electron chi connectivity index (χ2n) is 10.6. The molecule has 0 bridgehead atoms. The van der Waals surface area contributed by atoms with Crippen LogP contribution in [0, 0.1) is 5.92 Å². The zero-order valence-corrected chi connectivity index (χ0v) is 21.0. The lowest BCUT2D eigenvalue weighted by atomic mass is 9.69. The van der Waals surface area contributed by atoms with Crippen LogP contribution in [0.15, 0.2) is 48.5 Å². The first-order valence-corrected chi connectivity index (χ1v) is 12.6. The van der Waals surface area contributed by atoms with E-state index >= 15 is 0 Å². The lowest BCUT2D eigenvalue weighted by Crippen LogP contribution is -2.47. The number of ether oxygens (including phenoxy) is 1. The van der Waals surface area contributed by atoms with Gasteiger partial charge in [-0.05, 0) is 101 Å². The number of methoxy groups -OCH3 is 1. The van der Waals surface area contributed by atoms with Crippen LogP contribution in [0.25, 0.3) is 0 Å². The zero-order valence-electron chi connectivity index (χ0n) is 21.0. The predicted molar refractivity (Wildman–Crippen MR) is 135 cm³/mol. The third-order valence-corrected chi connectivity index (χ3v) is 7.44. The Bertz CT molecular complexity index is 940. The highest BCUT2D eigenvalue weighted by Crippen LogP contribution is 2.43. The maximum atomic E-state index is 13.2. The second kappa shape index (κ2) is 9.89. The van der Waals surface area contributed by atoms with Crippen molar-refractivity contribution >= 4 is 5.91 Å². The molecule has 178 valence electrons. The highest BCUT2D eigenvalue weighted by molar-refractivity contribution is 5.94. The van der Waals surface area contributed by atoms with E-state index in [1.54, 1.807) is 7.11 Å². The highest BCUT2D eigenvalue weighted by Gasteiger charge is 2.40. The number of likely N-dealkylation sites (tertiary alicyclic amines) is 1. The molecule has 2 aromatic rings. The minimum atomic E-state index is -0.0843. The van der Waals surface area contributed by atoms with Crippen LogP contribution in [-0.4, -0.2) is 54.5 Å². The Balaban J connectivity index is 1.69. The molecular weight excluding hydrogens is 408 g/mol. The summed E-state index contributed by atoms with van der Waals surface area (Å²) >= 11 is 0. The van der Waals surface area contributed by atoms with Gasteiger partial charge < -0.3 is 14.5 Å². The molecule has 1 atom stereocenters. The van der Waals surface area contributed by atoms with Crippen molar-refractivity contribution in [1.29, 1.82) is 0 Å². The van der Waals surface area contributed by atoms with Crippen LogP contribution in [0.1, 0.15) is 74.9 Å². The molecule has 0 radical (unpaired) electrons. The SMILES string of the molecule is COc1cccc(C2(c3ccc(C(=O)N(C(C)C)C(C)C)cc3)CCCN(CC3CC3)C2)c1. The Morgan fingerprint density at radius 1 is 1.06 bits per heavy atom. The largest absolute Gasteiger partial charge is 0.497 e. The Morgan fingerprint density at radius 2 is 1.76 bits per heavy atom. The summed E-state index contributed by atoms with van der Waals surface area (Å²) in [5.41, 5.74) is 3.30. The molecule has 1 aliphatic heterocycles. The molecule has 1 aliphatic carbocycles. The van der Waals surface area contributed by atoms with Crippen molar-refractivity contribution in [3.63, 3.8) is 0 Å². The monoisotopic (exact) mass is 448 g/mol. The van der Waals surface area contributed by atoms with Crippen molar-refractivity contribution in [3.05, 3.63) is 65.2 Å². The first-order valence-electron chi connectivity index (χ1n) is 12.6. The lowest BCUT2D eigenvalue weighted by molar-refractivity contribution is 0.0643. The summed E-state index contributed by atoms with van der Waals surface area (Å²) in [6, 6.07) is 17.4. The van der Waals surface area contributed by atoms with E-state index in [9.17, 15) is 4.79 Å². The molecule has 33 heavy (non-hydrogen) atoms. The van der Waals surface area contributed by atoms with Gasteiger partial charge in [0.2, 0.25) is 0 Å². The highest BCUT2D eigenvalue weighted by atomic mass is 16.5. The molecule has 0 spiro atoms. The van der Waals surface area contributed by atoms with Crippen molar-refractivity contribution < 1.29 is 9.53 Å². The van der Waals surface area contributed by atoms with Gasteiger partial charge in [0.25, 0.3) is 5.91 Å². The molecule has 0 aromatic heterocycles. The smallest absolute Gasteiger partial charge is 0.254 e. The van der Waals surface area contributed by atoms with Crippen LogP contribution in [0.3, 0.4) is 0 Å². The number of carbonyl (C=O) groups excluding carboxylic acids is 1. The number of amides is 1. The van der Waals surface area contributed by atoms with Gasteiger partial charge in [-0.2, -0.15) is 0 Å². The van der Waals surface area contributed by atoms with Crippen molar-refractivity contribution in [2.75, 3.05) is 26.7 Å². The van der Waals surface area contributed by atoms with E-state index in [1.807, 2.05) is 23.1 Å². The Hall–Kier alpha value is -2.33. The van der Waals surface area contributed by atoms with Crippen molar-refractivity contribution in [1.82, 2.24) is 9.80 Å². The number of hydrogen-bond donors (Lipinski definition) is 0. The fraction of sp³-hybridized carbons (Fsp3) is 0.552. The molecule has 2 fully saturated rings. The maximum absolute atomic E-state index is 13.2. The fourth-order valence-corrected chi connectivity index (χ4v) is 5.67. The molecule has 4 rings (SSSR count). The van der Waals surface area contributed by atoms with Gasteiger partial charge in [-0.1, -0.05) is 24.3 Å². The van der Waals surface area contributed by atoms with Crippen molar-refractivity contribution in [2.45, 2.75) is 70.9 Å². The van der Waals surface area contributed by atoms with Crippen LogP contribution in [0.2, 0.25) is 0 Å². The first kappa shape index (κ1) is 23.8. The predicted octanol–water partition coefficient (Wildman–Crippen LogP) is 5.75. The third kappa shape index (κ3) is 5.11. The zero-order chi connectivity index (χ0) is 23.6. The van der Waals surface area contributed by atoms with Crippen LogP contribution in [-0.2, 0) is 5.41 Å². The van der Waals surface area contributed by atoms with E-state index in [2.05, 4.69) is 62.9 Å². The number of benzene rings is 2. The Kier molecular flexibility index (Phi) is 7.13. The topological polar surface area (TPSA) is 32.8 Å². The van der Waals surface area contributed by atoms with Crippen LogP contribution < -0.4 is 4.74 Å². The molecule has 1 saturated heterocycles. The van der Waals surface area contributed by atoms with Gasteiger partial charge in [0.1, 0.15) is 5.75 Å². The summed E-state index contributed by atoms with van der Waals surface area (Å²) in [6.45, 7) is 11.7. The molecule has 4 heteroatoms. The van der Waals surface area contributed by atoms with E-state index < -0.39 is 0 Å². The average Bonchev–Trinajstić information content (AvgIpc) is 3.63. The molecule has 2 aliphatic rings. The van der Waals surface area contributed by atoms with Gasteiger partial charge in [-0.15, -0.1) is 0 Å². The quantitative estimate of drug-likeness (QED) is 0.516. The number of carbonyl (C=O) groups is 1. The number of nitrogens with zero attached hydrogens (tertiary/aromatic N) is 2. The summed E-state index contributed by atoms with van der Waals surface area (Å²) in [6.07, 6.45) is 5.04.